The molecule has 0 unspecified atom stereocenters. The smallest absolute Gasteiger partial charge is 0.252 e. The molecule has 1 heterocycles. The summed E-state index contributed by atoms with van der Waals surface area (Å²) in [6.45, 7) is 0.432. The first-order valence-corrected chi connectivity index (χ1v) is 8.13. The molecule has 0 saturated carbocycles. The van der Waals surface area contributed by atoms with Crippen molar-refractivity contribution < 1.29 is 9.53 Å². The number of carbonyl (C=O) groups excluding carboxylic acids is 1. The van der Waals surface area contributed by atoms with E-state index in [0.29, 0.717) is 35.2 Å². The standard InChI is InChI=1S/C18H17ClN4O2/c1-25-13-8-6-12(7-9-13)17-21-16(22-23-17)10-11-20-18(24)14-4-2-3-5-15(14)19/h2-9H,10-11H2,1H3,(H,20,24)(H,21,22,23). The number of ether oxygens (including phenoxy) is 1. The minimum absolute atomic E-state index is 0.208. The molecule has 6 nitrogen and oxygen atoms in total. The molecule has 0 saturated heterocycles. The van der Waals surface area contributed by atoms with Gasteiger partial charge in [0.15, 0.2) is 5.82 Å². The van der Waals surface area contributed by atoms with Crippen LogP contribution in [0.3, 0.4) is 0 Å². The van der Waals surface area contributed by atoms with Crippen molar-refractivity contribution in [2.75, 3.05) is 13.7 Å². The highest BCUT2D eigenvalue weighted by Crippen LogP contribution is 2.19. The molecule has 0 aliphatic rings. The highest BCUT2D eigenvalue weighted by molar-refractivity contribution is 6.33. The molecule has 3 aromatic rings. The lowest BCUT2D eigenvalue weighted by atomic mass is 10.2. The largest absolute Gasteiger partial charge is 0.497 e. The van der Waals surface area contributed by atoms with Gasteiger partial charge in [-0.1, -0.05) is 23.7 Å². The summed E-state index contributed by atoms with van der Waals surface area (Å²) in [5.74, 6) is 1.88. The predicted molar refractivity (Wildman–Crippen MR) is 95.9 cm³/mol. The van der Waals surface area contributed by atoms with Gasteiger partial charge in [-0.2, -0.15) is 5.10 Å². The lowest BCUT2D eigenvalue weighted by Crippen LogP contribution is -2.26. The molecule has 0 aliphatic carbocycles. The van der Waals surface area contributed by atoms with E-state index in [1.54, 1.807) is 31.4 Å². The molecule has 2 N–H and O–H groups in total. The molecule has 128 valence electrons. The zero-order valence-corrected chi connectivity index (χ0v) is 14.4. The molecule has 7 heteroatoms. The van der Waals surface area contributed by atoms with Crippen molar-refractivity contribution in [3.8, 4) is 17.1 Å². The predicted octanol–water partition coefficient (Wildman–Crippen LogP) is 3.11. The summed E-state index contributed by atoms with van der Waals surface area (Å²) < 4.78 is 5.13. The number of H-pyrrole nitrogens is 1. The Bertz CT molecular complexity index is 862. The molecule has 25 heavy (non-hydrogen) atoms. The third kappa shape index (κ3) is 4.16. The van der Waals surface area contributed by atoms with Crippen LogP contribution in [-0.2, 0) is 6.42 Å². The van der Waals surface area contributed by atoms with Crippen LogP contribution in [0.5, 0.6) is 5.75 Å². The molecule has 0 fully saturated rings. The Morgan fingerprint density at radius 1 is 1.20 bits per heavy atom. The van der Waals surface area contributed by atoms with E-state index in [4.69, 9.17) is 16.3 Å². The fourth-order valence-corrected chi connectivity index (χ4v) is 2.53. The lowest BCUT2D eigenvalue weighted by molar-refractivity contribution is 0.0954. The van der Waals surface area contributed by atoms with E-state index in [2.05, 4.69) is 20.5 Å². The Hall–Kier alpha value is -2.86. The molecule has 3 rings (SSSR count). The van der Waals surface area contributed by atoms with Crippen LogP contribution < -0.4 is 10.1 Å². The minimum Gasteiger partial charge on any atom is -0.497 e. The topological polar surface area (TPSA) is 79.9 Å². The van der Waals surface area contributed by atoms with Crippen molar-refractivity contribution in [3.05, 3.63) is 64.9 Å². The number of benzene rings is 2. The molecule has 0 radical (unpaired) electrons. The molecular weight excluding hydrogens is 340 g/mol. The first kappa shape index (κ1) is 17.0. The maximum Gasteiger partial charge on any atom is 0.252 e. The zero-order chi connectivity index (χ0) is 17.6. The van der Waals surface area contributed by atoms with Crippen molar-refractivity contribution in [2.24, 2.45) is 0 Å². The Kier molecular flexibility index (Phi) is 5.30. The normalized spacial score (nSPS) is 10.5. The number of aromatic nitrogens is 3. The Morgan fingerprint density at radius 2 is 1.96 bits per heavy atom. The van der Waals surface area contributed by atoms with Crippen LogP contribution >= 0.6 is 11.6 Å². The average Bonchev–Trinajstić information content (AvgIpc) is 3.11. The van der Waals surface area contributed by atoms with Crippen molar-refractivity contribution in [1.29, 1.82) is 0 Å². The second-order valence-electron chi connectivity index (χ2n) is 5.32. The molecule has 0 spiro atoms. The highest BCUT2D eigenvalue weighted by Gasteiger charge is 2.10. The summed E-state index contributed by atoms with van der Waals surface area (Å²) in [6.07, 6.45) is 0.541. The van der Waals surface area contributed by atoms with Gasteiger partial charge in [-0.05, 0) is 36.4 Å². The van der Waals surface area contributed by atoms with Gasteiger partial charge in [0.2, 0.25) is 0 Å². The van der Waals surface area contributed by atoms with Gasteiger partial charge in [-0.15, -0.1) is 0 Å². The van der Waals surface area contributed by atoms with Crippen molar-refractivity contribution in [3.63, 3.8) is 0 Å². The van der Waals surface area contributed by atoms with Crippen LogP contribution in [0, 0.1) is 0 Å². The number of nitrogens with zero attached hydrogens (tertiary/aromatic N) is 2. The Balaban J connectivity index is 1.56. The molecule has 1 amide bonds. The lowest BCUT2D eigenvalue weighted by Gasteiger charge is -2.05. The van der Waals surface area contributed by atoms with E-state index >= 15 is 0 Å². The average molecular weight is 357 g/mol. The number of halogens is 1. The summed E-state index contributed by atoms with van der Waals surface area (Å²) in [7, 11) is 1.62. The van der Waals surface area contributed by atoms with Gasteiger partial charge in [0.1, 0.15) is 11.6 Å². The molecular formula is C18H17ClN4O2. The van der Waals surface area contributed by atoms with Gasteiger partial charge in [0, 0.05) is 18.5 Å². The van der Waals surface area contributed by atoms with Crippen LogP contribution in [0.25, 0.3) is 11.4 Å². The second kappa shape index (κ2) is 7.81. The fraction of sp³-hybridized carbons (Fsp3) is 0.167. The van der Waals surface area contributed by atoms with Gasteiger partial charge in [-0.25, -0.2) is 4.98 Å². The Morgan fingerprint density at radius 3 is 2.68 bits per heavy atom. The third-order valence-electron chi connectivity index (χ3n) is 3.65. The summed E-state index contributed by atoms with van der Waals surface area (Å²) >= 11 is 6.01. The molecule has 0 aliphatic heterocycles. The van der Waals surface area contributed by atoms with Crippen LogP contribution in [0.15, 0.2) is 48.5 Å². The first-order valence-electron chi connectivity index (χ1n) is 7.76. The van der Waals surface area contributed by atoms with E-state index in [1.165, 1.54) is 0 Å². The van der Waals surface area contributed by atoms with Crippen molar-refractivity contribution in [1.82, 2.24) is 20.5 Å². The molecule has 0 atom stereocenters. The summed E-state index contributed by atoms with van der Waals surface area (Å²) in [5, 5.41) is 10.3. The van der Waals surface area contributed by atoms with Crippen LogP contribution in [-0.4, -0.2) is 34.7 Å². The van der Waals surface area contributed by atoms with Gasteiger partial charge < -0.3 is 10.1 Å². The SMILES string of the molecule is COc1ccc(-c2n[nH]c(CCNC(=O)c3ccccc3Cl)n2)cc1. The first-order chi connectivity index (χ1) is 12.2. The van der Waals surface area contributed by atoms with E-state index in [9.17, 15) is 4.79 Å². The number of hydrogen-bond acceptors (Lipinski definition) is 4. The van der Waals surface area contributed by atoms with E-state index in [1.807, 2.05) is 24.3 Å². The van der Waals surface area contributed by atoms with E-state index < -0.39 is 0 Å². The van der Waals surface area contributed by atoms with Gasteiger partial charge in [0.05, 0.1) is 17.7 Å². The maximum atomic E-state index is 12.1. The molecule has 2 aromatic carbocycles. The number of carbonyl (C=O) groups is 1. The second-order valence-corrected chi connectivity index (χ2v) is 5.73. The number of methoxy groups -OCH3 is 1. The number of hydrogen-bond donors (Lipinski definition) is 2. The number of rotatable bonds is 6. The van der Waals surface area contributed by atoms with Gasteiger partial charge >= 0.3 is 0 Å². The van der Waals surface area contributed by atoms with Crippen molar-refractivity contribution in [2.45, 2.75) is 6.42 Å². The van der Waals surface area contributed by atoms with Crippen LogP contribution in [0.1, 0.15) is 16.2 Å². The maximum absolute atomic E-state index is 12.1. The van der Waals surface area contributed by atoms with E-state index in [-0.39, 0.29) is 5.91 Å². The fourth-order valence-electron chi connectivity index (χ4n) is 2.31. The minimum atomic E-state index is -0.208. The number of amides is 1. The third-order valence-corrected chi connectivity index (χ3v) is 3.98. The summed E-state index contributed by atoms with van der Waals surface area (Å²) in [6, 6.07) is 14.4. The van der Waals surface area contributed by atoms with Crippen LogP contribution in [0.2, 0.25) is 5.02 Å². The summed E-state index contributed by atoms with van der Waals surface area (Å²) in [5.41, 5.74) is 1.35. The quantitative estimate of drug-likeness (QED) is 0.711. The molecule has 0 bridgehead atoms. The highest BCUT2D eigenvalue weighted by atomic mass is 35.5. The van der Waals surface area contributed by atoms with Crippen LogP contribution in [0.4, 0.5) is 0 Å². The van der Waals surface area contributed by atoms with E-state index in [0.717, 1.165) is 11.3 Å². The number of nitrogens with one attached hydrogen (secondary N) is 2. The van der Waals surface area contributed by atoms with Gasteiger partial charge in [0.25, 0.3) is 5.91 Å². The molecule has 1 aromatic heterocycles. The Labute approximate surface area is 150 Å². The summed E-state index contributed by atoms with van der Waals surface area (Å²) in [4.78, 5) is 16.5. The van der Waals surface area contributed by atoms with Crippen molar-refractivity contribution >= 4 is 17.5 Å². The van der Waals surface area contributed by atoms with Gasteiger partial charge in [-0.3, -0.25) is 9.89 Å². The monoisotopic (exact) mass is 356 g/mol. The zero-order valence-electron chi connectivity index (χ0n) is 13.6. The number of aromatic amines is 1.